The molecule has 1 atom stereocenters. The molecule has 0 fully saturated rings. The summed E-state index contributed by atoms with van der Waals surface area (Å²) >= 11 is 0. The van der Waals surface area contributed by atoms with Gasteiger partial charge < -0.3 is 23.8 Å². The van der Waals surface area contributed by atoms with E-state index in [0.29, 0.717) is 16.8 Å². The molecular formula is C30H38NO5+. The molecule has 3 aromatic carbocycles. The van der Waals surface area contributed by atoms with Gasteiger partial charge in [-0.05, 0) is 41.3 Å². The smallest absolute Gasteiger partial charge is 0.310 e. The first-order chi connectivity index (χ1) is 17.3. The summed E-state index contributed by atoms with van der Waals surface area (Å²) in [5.74, 6) is 1.13. The third-order valence-corrected chi connectivity index (χ3v) is 6.24. The number of benzene rings is 3. The summed E-state index contributed by atoms with van der Waals surface area (Å²) in [5.41, 5.74) is 4.95. The molecule has 0 heterocycles. The van der Waals surface area contributed by atoms with E-state index in [1.165, 1.54) is 30.2 Å². The quantitative estimate of drug-likeness (QED) is 0.253. The van der Waals surface area contributed by atoms with Crippen LogP contribution in [-0.4, -0.2) is 69.7 Å². The number of quaternary nitrogens is 1. The van der Waals surface area contributed by atoms with Crippen molar-refractivity contribution >= 4 is 5.97 Å². The minimum absolute atomic E-state index is 0.145. The molecule has 2 bridgehead atoms. The van der Waals surface area contributed by atoms with Gasteiger partial charge in [-0.25, -0.2) is 0 Å². The van der Waals surface area contributed by atoms with Crippen molar-refractivity contribution in [3.05, 3.63) is 95.1 Å². The number of para-hydroxylation sites is 1. The molecule has 0 spiro atoms. The van der Waals surface area contributed by atoms with E-state index in [0.717, 1.165) is 24.3 Å². The molecule has 36 heavy (non-hydrogen) atoms. The maximum Gasteiger partial charge on any atom is 0.310 e. The van der Waals surface area contributed by atoms with Gasteiger partial charge in [-0.2, -0.15) is 0 Å². The lowest BCUT2D eigenvalue weighted by atomic mass is 9.94. The molecule has 2 aliphatic carbocycles. The third kappa shape index (κ3) is 8.70. The van der Waals surface area contributed by atoms with E-state index >= 15 is 0 Å². The van der Waals surface area contributed by atoms with Crippen LogP contribution in [0.2, 0.25) is 0 Å². The Morgan fingerprint density at radius 2 is 1.64 bits per heavy atom. The monoisotopic (exact) mass is 492 g/mol. The number of aliphatic hydroxyl groups excluding tert-OH is 1. The van der Waals surface area contributed by atoms with Gasteiger partial charge in [0.2, 0.25) is 0 Å². The standard InChI is InChI=1S/C23H32NO5.C7H6/c1-24(2,14-13-18-9-11-21(27-3)12-10-18)16-20(25)17-29-22-8-6-5-7-19(22)15-23(26)28-4;1-2-6-4-7(3-1)5-6/h5-12,20,25H,13-17H2,1-4H3;1-4H,5H2/q+1;. The van der Waals surface area contributed by atoms with Crippen LogP contribution >= 0.6 is 0 Å². The molecule has 0 saturated heterocycles. The highest BCUT2D eigenvalue weighted by Gasteiger charge is 2.21. The fourth-order valence-electron chi connectivity index (χ4n) is 4.10. The first-order valence-electron chi connectivity index (χ1n) is 12.3. The first kappa shape index (κ1) is 27.2. The Kier molecular flexibility index (Phi) is 9.91. The van der Waals surface area contributed by atoms with Gasteiger partial charge in [0.25, 0.3) is 0 Å². The van der Waals surface area contributed by atoms with Crippen molar-refractivity contribution in [2.24, 2.45) is 0 Å². The number of carbonyl (C=O) groups excluding carboxylic acids is 1. The number of hydrogen-bond donors (Lipinski definition) is 1. The number of esters is 1. The molecule has 2 aliphatic rings. The first-order valence-corrected chi connectivity index (χ1v) is 12.3. The van der Waals surface area contributed by atoms with E-state index in [1.54, 1.807) is 13.2 Å². The highest BCUT2D eigenvalue weighted by molar-refractivity contribution is 5.73. The predicted octanol–water partition coefficient (Wildman–Crippen LogP) is 4.06. The van der Waals surface area contributed by atoms with Crippen molar-refractivity contribution in [2.45, 2.75) is 25.4 Å². The topological polar surface area (TPSA) is 65.0 Å². The van der Waals surface area contributed by atoms with Gasteiger partial charge >= 0.3 is 5.97 Å². The second-order valence-corrected chi connectivity index (χ2v) is 9.76. The summed E-state index contributed by atoms with van der Waals surface area (Å²) in [5, 5.41) is 10.5. The number of hydrogen-bond acceptors (Lipinski definition) is 5. The van der Waals surface area contributed by atoms with E-state index in [2.05, 4.69) is 50.5 Å². The zero-order valence-electron chi connectivity index (χ0n) is 21.8. The lowest BCUT2D eigenvalue weighted by Crippen LogP contribution is -2.48. The second kappa shape index (κ2) is 13.1. The van der Waals surface area contributed by atoms with Crippen molar-refractivity contribution in [2.75, 3.05) is 48.0 Å². The maximum atomic E-state index is 11.5. The molecule has 0 amide bonds. The normalized spacial score (nSPS) is 12.5. The molecule has 6 heteroatoms. The van der Waals surface area contributed by atoms with Crippen molar-refractivity contribution in [1.82, 2.24) is 0 Å². The van der Waals surface area contributed by atoms with Gasteiger partial charge in [0.05, 0.1) is 41.3 Å². The molecule has 3 aromatic rings. The van der Waals surface area contributed by atoms with E-state index < -0.39 is 6.10 Å². The number of fused-ring (bicyclic) bond motifs is 2. The minimum atomic E-state index is -0.618. The van der Waals surface area contributed by atoms with Crippen molar-refractivity contribution in [3.63, 3.8) is 0 Å². The van der Waals surface area contributed by atoms with E-state index in [4.69, 9.17) is 14.2 Å². The van der Waals surface area contributed by atoms with E-state index in [9.17, 15) is 9.90 Å². The molecule has 6 nitrogen and oxygen atoms in total. The largest absolute Gasteiger partial charge is 0.497 e. The predicted molar refractivity (Wildman–Crippen MR) is 141 cm³/mol. The van der Waals surface area contributed by atoms with Gasteiger partial charge in [-0.15, -0.1) is 0 Å². The zero-order valence-corrected chi connectivity index (χ0v) is 21.8. The van der Waals surface area contributed by atoms with Gasteiger partial charge in [0.1, 0.15) is 30.8 Å². The lowest BCUT2D eigenvalue weighted by molar-refractivity contribution is -0.893. The van der Waals surface area contributed by atoms with E-state index in [-0.39, 0.29) is 19.0 Å². The van der Waals surface area contributed by atoms with Gasteiger partial charge in [-0.1, -0.05) is 54.6 Å². The summed E-state index contributed by atoms with van der Waals surface area (Å²) in [7, 11) is 7.21. The molecule has 0 aliphatic heterocycles. The lowest BCUT2D eigenvalue weighted by Gasteiger charge is -2.32. The Morgan fingerprint density at radius 3 is 2.19 bits per heavy atom. The summed E-state index contributed by atoms with van der Waals surface area (Å²) in [6, 6.07) is 24.0. The Balaban J connectivity index is 0.000000433. The fraction of sp³-hybridized carbons (Fsp3) is 0.367. The number of aliphatic hydroxyl groups is 1. The molecule has 192 valence electrons. The summed E-state index contributed by atoms with van der Waals surface area (Å²) in [6.07, 6.45) is 1.65. The number of rotatable bonds is 11. The van der Waals surface area contributed by atoms with Crippen LogP contribution in [0, 0.1) is 0 Å². The summed E-state index contributed by atoms with van der Waals surface area (Å²) < 4.78 is 16.4. The molecular weight excluding hydrogens is 454 g/mol. The number of nitrogens with zero attached hydrogens (tertiary/aromatic N) is 1. The van der Waals surface area contributed by atoms with Crippen LogP contribution in [0.25, 0.3) is 0 Å². The molecule has 0 saturated carbocycles. The number of ether oxygens (including phenoxy) is 3. The highest BCUT2D eigenvalue weighted by Crippen LogP contribution is 2.20. The van der Waals surface area contributed by atoms with Crippen molar-refractivity contribution in [3.8, 4) is 11.5 Å². The summed E-state index contributed by atoms with van der Waals surface area (Å²) in [4.78, 5) is 11.5. The fourth-order valence-corrected chi connectivity index (χ4v) is 4.10. The summed E-state index contributed by atoms with van der Waals surface area (Å²) in [6.45, 7) is 1.63. The highest BCUT2D eigenvalue weighted by atomic mass is 16.5. The Morgan fingerprint density at radius 1 is 0.972 bits per heavy atom. The van der Waals surface area contributed by atoms with E-state index in [1.807, 2.05) is 30.3 Å². The maximum absolute atomic E-state index is 11.5. The van der Waals surface area contributed by atoms with Gasteiger partial charge in [0, 0.05) is 12.0 Å². The van der Waals surface area contributed by atoms with Crippen LogP contribution in [-0.2, 0) is 28.8 Å². The number of carbonyl (C=O) groups is 1. The van der Waals surface area contributed by atoms with Crippen LogP contribution in [0.3, 0.4) is 0 Å². The molecule has 5 rings (SSSR count). The van der Waals surface area contributed by atoms with Crippen LogP contribution in [0.15, 0.2) is 72.8 Å². The van der Waals surface area contributed by atoms with Crippen molar-refractivity contribution in [1.29, 1.82) is 0 Å². The Labute approximate surface area is 214 Å². The Bertz CT molecular complexity index is 1090. The number of likely N-dealkylation sites (N-methyl/N-ethyl adjacent to an activating group) is 1. The molecule has 0 aromatic heterocycles. The van der Waals surface area contributed by atoms with Gasteiger partial charge in [-0.3, -0.25) is 4.79 Å². The SMILES string of the molecule is COC(=O)Cc1ccccc1OCC(O)C[N+](C)(C)CCc1ccc(OC)cc1.c1cc2cc(c1)C2. The van der Waals surface area contributed by atoms with Crippen LogP contribution in [0.4, 0.5) is 0 Å². The zero-order chi connectivity index (χ0) is 26.0. The third-order valence-electron chi connectivity index (χ3n) is 6.24. The average molecular weight is 493 g/mol. The minimum Gasteiger partial charge on any atom is -0.497 e. The van der Waals surface area contributed by atoms with Crippen molar-refractivity contribution < 1.29 is 28.6 Å². The molecule has 1 N–H and O–H groups in total. The Hall–Kier alpha value is -3.35. The van der Waals surface area contributed by atoms with Crippen LogP contribution in [0.5, 0.6) is 11.5 Å². The van der Waals surface area contributed by atoms with Crippen LogP contribution in [0.1, 0.15) is 22.3 Å². The molecule has 0 radical (unpaired) electrons. The van der Waals surface area contributed by atoms with Gasteiger partial charge in [0.15, 0.2) is 0 Å². The number of methoxy groups -OCH3 is 2. The molecule has 1 unspecified atom stereocenters. The average Bonchev–Trinajstić information content (AvgIpc) is 2.87. The van der Waals surface area contributed by atoms with Crippen LogP contribution < -0.4 is 9.47 Å². The second-order valence-electron chi connectivity index (χ2n) is 9.76.